The lowest BCUT2D eigenvalue weighted by Crippen LogP contribution is -1.99. The van der Waals surface area contributed by atoms with E-state index in [4.69, 9.17) is 9.47 Å². The Balaban J connectivity index is 1.35. The maximum absolute atomic E-state index is 11.3. The van der Waals surface area contributed by atoms with Crippen molar-refractivity contribution >= 4 is 17.1 Å². The Morgan fingerprint density at radius 2 is 1.29 bits per heavy atom. The van der Waals surface area contributed by atoms with Gasteiger partial charge in [0, 0.05) is 18.3 Å². The zero-order valence-corrected chi connectivity index (χ0v) is 17.8. The van der Waals surface area contributed by atoms with Gasteiger partial charge >= 0.3 is 5.69 Å². The third kappa shape index (κ3) is 5.65. The van der Waals surface area contributed by atoms with E-state index in [9.17, 15) is 20.2 Å². The minimum atomic E-state index is -0.712. The minimum Gasteiger partial charge on any atom is -0.457 e. The summed E-state index contributed by atoms with van der Waals surface area (Å²) in [5.74, 6) is 1.81. The van der Waals surface area contributed by atoms with E-state index in [0.29, 0.717) is 12.3 Å². The van der Waals surface area contributed by atoms with E-state index in [1.165, 1.54) is 6.07 Å². The van der Waals surface area contributed by atoms with E-state index >= 15 is 0 Å². The SMILES string of the molecule is O=[N+]([O-])c1ccc(Oc2ccc(CNc3ccc(Oc4ccccc4)cc3)cc2)c([N+](=O)[O-])c1. The van der Waals surface area contributed by atoms with Crippen LogP contribution < -0.4 is 14.8 Å². The van der Waals surface area contributed by atoms with Gasteiger partial charge in [-0.1, -0.05) is 30.3 Å². The Bertz CT molecular complexity index is 1290. The summed E-state index contributed by atoms with van der Waals surface area (Å²) in [6.07, 6.45) is 0. The maximum atomic E-state index is 11.3. The lowest BCUT2D eigenvalue weighted by molar-refractivity contribution is -0.394. The zero-order valence-electron chi connectivity index (χ0n) is 17.8. The Hall–Kier alpha value is -4.92. The van der Waals surface area contributed by atoms with Crippen molar-refractivity contribution in [2.45, 2.75) is 6.54 Å². The fourth-order valence-corrected chi connectivity index (χ4v) is 3.12. The highest BCUT2D eigenvalue weighted by Crippen LogP contribution is 2.34. The number of ether oxygens (including phenoxy) is 2. The Kier molecular flexibility index (Phi) is 6.64. The molecule has 0 aliphatic carbocycles. The molecule has 9 nitrogen and oxygen atoms in total. The summed E-state index contributed by atoms with van der Waals surface area (Å²) in [7, 11) is 0. The minimum absolute atomic E-state index is 0.0701. The van der Waals surface area contributed by atoms with Gasteiger partial charge in [-0.05, 0) is 60.2 Å². The van der Waals surface area contributed by atoms with Crippen LogP contribution in [0.5, 0.6) is 23.0 Å². The summed E-state index contributed by atoms with van der Waals surface area (Å²) in [6, 6.07) is 27.4. The topological polar surface area (TPSA) is 117 Å². The summed E-state index contributed by atoms with van der Waals surface area (Å²) < 4.78 is 11.4. The molecule has 0 saturated heterocycles. The molecule has 0 heterocycles. The number of benzene rings is 4. The number of nitro benzene ring substituents is 2. The molecule has 1 N–H and O–H groups in total. The van der Waals surface area contributed by atoms with Gasteiger partial charge in [0.2, 0.25) is 5.75 Å². The molecule has 0 unspecified atom stereocenters. The quantitative estimate of drug-likeness (QED) is 0.219. The number of nitrogens with zero attached hydrogens (tertiary/aromatic N) is 2. The average Bonchev–Trinajstić information content (AvgIpc) is 2.85. The van der Waals surface area contributed by atoms with E-state index in [1.54, 1.807) is 12.1 Å². The lowest BCUT2D eigenvalue weighted by Gasteiger charge is -2.10. The van der Waals surface area contributed by atoms with Gasteiger partial charge in [-0.25, -0.2) is 0 Å². The Labute approximate surface area is 194 Å². The molecule has 0 saturated carbocycles. The fraction of sp³-hybridized carbons (Fsp3) is 0.0400. The van der Waals surface area contributed by atoms with Crippen molar-refractivity contribution < 1.29 is 19.3 Å². The first-order valence-corrected chi connectivity index (χ1v) is 10.2. The van der Waals surface area contributed by atoms with Gasteiger partial charge < -0.3 is 14.8 Å². The van der Waals surface area contributed by atoms with Gasteiger partial charge in [0.1, 0.15) is 17.2 Å². The van der Waals surface area contributed by atoms with Gasteiger partial charge in [0.05, 0.1) is 15.9 Å². The highest BCUT2D eigenvalue weighted by Gasteiger charge is 2.21. The molecule has 34 heavy (non-hydrogen) atoms. The highest BCUT2D eigenvalue weighted by molar-refractivity contribution is 5.55. The third-order valence-corrected chi connectivity index (χ3v) is 4.83. The van der Waals surface area contributed by atoms with Gasteiger partial charge in [0.25, 0.3) is 5.69 Å². The van der Waals surface area contributed by atoms with Gasteiger partial charge in [-0.2, -0.15) is 0 Å². The number of non-ortho nitro benzene ring substituents is 1. The monoisotopic (exact) mass is 457 g/mol. The molecule has 0 amide bonds. The van der Waals surface area contributed by atoms with Gasteiger partial charge in [-0.3, -0.25) is 20.2 Å². The van der Waals surface area contributed by atoms with Crippen LogP contribution in [0.1, 0.15) is 5.56 Å². The van der Waals surface area contributed by atoms with Crippen molar-refractivity contribution in [1.82, 2.24) is 0 Å². The highest BCUT2D eigenvalue weighted by atomic mass is 16.6. The molecule has 0 spiro atoms. The van der Waals surface area contributed by atoms with Crippen LogP contribution in [0.25, 0.3) is 0 Å². The second kappa shape index (κ2) is 10.1. The second-order valence-corrected chi connectivity index (χ2v) is 7.21. The van der Waals surface area contributed by atoms with Crippen LogP contribution in [0, 0.1) is 20.2 Å². The van der Waals surface area contributed by atoms with E-state index in [-0.39, 0.29) is 11.4 Å². The molecule has 0 aliphatic rings. The molecule has 0 fully saturated rings. The van der Waals surface area contributed by atoms with Gasteiger partial charge in [-0.15, -0.1) is 0 Å². The van der Waals surface area contributed by atoms with Crippen LogP contribution in [0.2, 0.25) is 0 Å². The fourth-order valence-electron chi connectivity index (χ4n) is 3.12. The molecule has 4 aromatic rings. The molecule has 0 bridgehead atoms. The normalized spacial score (nSPS) is 10.4. The molecule has 9 heteroatoms. The maximum Gasteiger partial charge on any atom is 0.318 e. The smallest absolute Gasteiger partial charge is 0.318 e. The molecule has 0 aliphatic heterocycles. The number of rotatable bonds is 9. The first kappa shape index (κ1) is 22.3. The van der Waals surface area contributed by atoms with Crippen LogP contribution in [0.3, 0.4) is 0 Å². The first-order valence-electron chi connectivity index (χ1n) is 10.2. The van der Waals surface area contributed by atoms with Crippen molar-refractivity contribution in [2.24, 2.45) is 0 Å². The molecular weight excluding hydrogens is 438 g/mol. The van der Waals surface area contributed by atoms with E-state index in [0.717, 1.165) is 34.9 Å². The molecular formula is C25H19N3O6. The largest absolute Gasteiger partial charge is 0.457 e. The number of anilines is 1. The van der Waals surface area contributed by atoms with E-state index in [2.05, 4.69) is 5.32 Å². The summed E-state index contributed by atoms with van der Waals surface area (Å²) in [5.41, 5.74) is 1.04. The number of para-hydroxylation sites is 1. The number of hydrogen-bond donors (Lipinski definition) is 1. The van der Waals surface area contributed by atoms with Crippen LogP contribution in [-0.2, 0) is 6.54 Å². The predicted molar refractivity (Wildman–Crippen MR) is 127 cm³/mol. The number of nitrogens with one attached hydrogen (secondary N) is 1. The lowest BCUT2D eigenvalue weighted by atomic mass is 10.2. The molecule has 0 aromatic heterocycles. The Morgan fingerprint density at radius 3 is 1.94 bits per heavy atom. The predicted octanol–water partition coefficient (Wildman–Crippen LogP) is 6.70. The van der Waals surface area contributed by atoms with Crippen LogP contribution in [0.15, 0.2) is 97.1 Å². The van der Waals surface area contributed by atoms with Crippen LogP contribution in [-0.4, -0.2) is 9.85 Å². The van der Waals surface area contributed by atoms with Crippen LogP contribution >= 0.6 is 0 Å². The van der Waals surface area contributed by atoms with Gasteiger partial charge in [0.15, 0.2) is 0 Å². The summed E-state index contributed by atoms with van der Waals surface area (Å²) in [6.45, 7) is 0.552. The average molecular weight is 457 g/mol. The molecule has 4 aromatic carbocycles. The standard InChI is InChI=1S/C25H19N3O6/c29-27(30)20-10-15-25(24(16-20)28(31)32)34-23-11-6-18(7-12-23)17-26-19-8-13-22(14-9-19)33-21-4-2-1-3-5-21/h1-16,26H,17H2. The molecule has 4 rings (SSSR count). The number of nitro groups is 2. The van der Waals surface area contributed by atoms with E-state index < -0.39 is 15.5 Å². The summed E-state index contributed by atoms with van der Waals surface area (Å²) >= 11 is 0. The second-order valence-electron chi connectivity index (χ2n) is 7.21. The van der Waals surface area contributed by atoms with Crippen molar-refractivity contribution in [2.75, 3.05) is 5.32 Å². The van der Waals surface area contributed by atoms with Crippen molar-refractivity contribution in [3.05, 3.63) is 123 Å². The Morgan fingerprint density at radius 1 is 0.676 bits per heavy atom. The molecule has 170 valence electrons. The van der Waals surface area contributed by atoms with Crippen molar-refractivity contribution in [1.29, 1.82) is 0 Å². The zero-order chi connectivity index (χ0) is 23.9. The van der Waals surface area contributed by atoms with Crippen molar-refractivity contribution in [3.8, 4) is 23.0 Å². The summed E-state index contributed by atoms with van der Waals surface area (Å²) in [5, 5.41) is 25.4. The number of hydrogen-bond acceptors (Lipinski definition) is 7. The van der Waals surface area contributed by atoms with Crippen molar-refractivity contribution in [3.63, 3.8) is 0 Å². The molecule has 0 radical (unpaired) electrons. The van der Waals surface area contributed by atoms with Crippen LogP contribution in [0.4, 0.5) is 17.1 Å². The van der Waals surface area contributed by atoms with E-state index in [1.807, 2.05) is 66.7 Å². The first-order chi connectivity index (χ1) is 16.5. The molecule has 0 atom stereocenters. The summed E-state index contributed by atoms with van der Waals surface area (Å²) in [4.78, 5) is 20.7. The third-order valence-electron chi connectivity index (χ3n) is 4.83.